The average Bonchev–Trinajstić information content (AvgIpc) is 2.33. The Kier molecular flexibility index (Phi) is 6.23. The van der Waals surface area contributed by atoms with Gasteiger partial charge in [-0.05, 0) is 38.7 Å². The highest BCUT2D eigenvalue weighted by Crippen LogP contribution is 2.08. The van der Waals surface area contributed by atoms with Gasteiger partial charge in [0.15, 0.2) is 0 Å². The summed E-state index contributed by atoms with van der Waals surface area (Å²) in [5.41, 5.74) is 2.72. The smallest absolute Gasteiger partial charge is 0.0662 e. The monoisotopic (exact) mass is 235 g/mol. The van der Waals surface area contributed by atoms with E-state index in [1.807, 2.05) is 6.92 Å². The zero-order chi connectivity index (χ0) is 12.7. The van der Waals surface area contributed by atoms with Gasteiger partial charge in [-0.3, -0.25) is 0 Å². The Morgan fingerprint density at radius 3 is 2.76 bits per heavy atom. The lowest BCUT2D eigenvalue weighted by atomic mass is 10.0. The highest BCUT2D eigenvalue weighted by Gasteiger charge is 2.05. The van der Waals surface area contributed by atoms with Crippen LogP contribution >= 0.6 is 0 Å². The van der Waals surface area contributed by atoms with E-state index in [0.29, 0.717) is 12.6 Å². The highest BCUT2D eigenvalue weighted by molar-refractivity contribution is 5.22. The number of aryl methyl sites for hydroxylation is 2. The summed E-state index contributed by atoms with van der Waals surface area (Å²) < 4.78 is 0. The lowest BCUT2D eigenvalue weighted by molar-refractivity contribution is 0.163. The molecule has 0 aliphatic rings. The Bertz CT molecular complexity index is 324. The van der Waals surface area contributed by atoms with Crippen molar-refractivity contribution in [2.45, 2.75) is 52.2 Å². The third-order valence-electron chi connectivity index (χ3n) is 3.12. The van der Waals surface area contributed by atoms with Gasteiger partial charge in [-0.2, -0.15) is 0 Å². The van der Waals surface area contributed by atoms with Crippen molar-refractivity contribution in [3.8, 4) is 0 Å². The van der Waals surface area contributed by atoms with Crippen LogP contribution in [0.25, 0.3) is 0 Å². The van der Waals surface area contributed by atoms with E-state index >= 15 is 0 Å². The van der Waals surface area contributed by atoms with Gasteiger partial charge in [0.25, 0.3) is 0 Å². The minimum Gasteiger partial charge on any atom is -0.392 e. The summed E-state index contributed by atoms with van der Waals surface area (Å²) in [5, 5.41) is 12.8. The number of hydrogen-bond acceptors (Lipinski definition) is 2. The molecule has 1 rings (SSSR count). The molecule has 0 saturated carbocycles. The third-order valence-corrected chi connectivity index (χ3v) is 3.12. The van der Waals surface area contributed by atoms with Crippen LogP contribution in [0, 0.1) is 6.92 Å². The number of hydrogen-bond donors (Lipinski definition) is 2. The maximum Gasteiger partial charge on any atom is 0.0662 e. The normalized spacial score (nSPS) is 14.6. The highest BCUT2D eigenvalue weighted by atomic mass is 16.3. The first-order valence-corrected chi connectivity index (χ1v) is 6.58. The summed E-state index contributed by atoms with van der Waals surface area (Å²) in [4.78, 5) is 0. The third kappa shape index (κ3) is 5.85. The Hall–Kier alpha value is -0.860. The van der Waals surface area contributed by atoms with E-state index < -0.39 is 0 Å². The van der Waals surface area contributed by atoms with Crippen LogP contribution in [0.4, 0.5) is 0 Å². The van der Waals surface area contributed by atoms with Crippen molar-refractivity contribution in [2.24, 2.45) is 0 Å². The summed E-state index contributed by atoms with van der Waals surface area (Å²) in [6.45, 7) is 7.01. The fourth-order valence-corrected chi connectivity index (χ4v) is 1.83. The molecule has 2 N–H and O–H groups in total. The molecule has 0 fully saturated rings. The molecule has 0 aliphatic heterocycles. The van der Waals surface area contributed by atoms with E-state index in [0.717, 1.165) is 19.3 Å². The van der Waals surface area contributed by atoms with Crippen molar-refractivity contribution in [2.75, 3.05) is 6.54 Å². The molecule has 2 unspecified atom stereocenters. The first-order valence-electron chi connectivity index (χ1n) is 6.58. The van der Waals surface area contributed by atoms with Gasteiger partial charge < -0.3 is 10.4 Å². The largest absolute Gasteiger partial charge is 0.392 e. The first kappa shape index (κ1) is 14.2. The number of nitrogens with one attached hydrogen (secondary N) is 1. The van der Waals surface area contributed by atoms with Crippen LogP contribution in [0.15, 0.2) is 24.3 Å². The molecular formula is C15H25NO. The summed E-state index contributed by atoms with van der Waals surface area (Å²) in [5.74, 6) is 0. The van der Waals surface area contributed by atoms with Gasteiger partial charge in [-0.25, -0.2) is 0 Å². The summed E-state index contributed by atoms with van der Waals surface area (Å²) in [7, 11) is 0. The number of aliphatic hydroxyl groups is 1. The Morgan fingerprint density at radius 1 is 1.35 bits per heavy atom. The molecule has 0 aromatic heterocycles. The molecule has 0 spiro atoms. The van der Waals surface area contributed by atoms with Gasteiger partial charge >= 0.3 is 0 Å². The van der Waals surface area contributed by atoms with E-state index in [2.05, 4.69) is 43.4 Å². The molecule has 1 aromatic carbocycles. The molecule has 0 saturated heterocycles. The average molecular weight is 235 g/mol. The Labute approximate surface area is 105 Å². The second-order valence-corrected chi connectivity index (χ2v) is 4.90. The van der Waals surface area contributed by atoms with Gasteiger partial charge in [-0.1, -0.05) is 36.8 Å². The zero-order valence-corrected chi connectivity index (χ0v) is 11.2. The second kappa shape index (κ2) is 7.46. The Morgan fingerprint density at radius 2 is 2.12 bits per heavy atom. The van der Waals surface area contributed by atoms with Crippen molar-refractivity contribution >= 4 is 0 Å². The summed E-state index contributed by atoms with van der Waals surface area (Å²) in [6.07, 6.45) is 2.81. The standard InChI is InChI=1S/C15H25NO/c1-4-15(17)11-16-13(3)8-9-14-7-5-6-12(2)10-14/h5-7,10,13,15-17H,4,8-9,11H2,1-3H3. The van der Waals surface area contributed by atoms with Gasteiger partial charge in [0, 0.05) is 12.6 Å². The van der Waals surface area contributed by atoms with Crippen LogP contribution in [0.3, 0.4) is 0 Å². The van der Waals surface area contributed by atoms with Crippen LogP contribution < -0.4 is 5.32 Å². The van der Waals surface area contributed by atoms with Crippen LogP contribution in [0.2, 0.25) is 0 Å². The van der Waals surface area contributed by atoms with Crippen LogP contribution in [-0.2, 0) is 6.42 Å². The molecule has 0 amide bonds. The molecule has 0 radical (unpaired) electrons. The molecule has 96 valence electrons. The molecule has 0 heterocycles. The van der Waals surface area contributed by atoms with Gasteiger partial charge in [-0.15, -0.1) is 0 Å². The minimum atomic E-state index is -0.212. The van der Waals surface area contributed by atoms with Crippen LogP contribution in [0.1, 0.15) is 37.8 Å². The van der Waals surface area contributed by atoms with Crippen molar-refractivity contribution in [3.63, 3.8) is 0 Å². The predicted molar refractivity (Wildman–Crippen MR) is 73.3 cm³/mol. The van der Waals surface area contributed by atoms with Gasteiger partial charge in [0.05, 0.1) is 6.10 Å². The topological polar surface area (TPSA) is 32.3 Å². The number of rotatable bonds is 7. The van der Waals surface area contributed by atoms with Crippen molar-refractivity contribution in [1.29, 1.82) is 0 Å². The fourth-order valence-electron chi connectivity index (χ4n) is 1.83. The van der Waals surface area contributed by atoms with Gasteiger partial charge in [0.2, 0.25) is 0 Å². The number of aliphatic hydroxyl groups excluding tert-OH is 1. The van der Waals surface area contributed by atoms with Crippen LogP contribution in [0.5, 0.6) is 0 Å². The molecular weight excluding hydrogens is 210 g/mol. The summed E-state index contributed by atoms with van der Waals surface area (Å²) >= 11 is 0. The molecule has 2 atom stereocenters. The fraction of sp³-hybridized carbons (Fsp3) is 0.600. The van der Waals surface area contributed by atoms with E-state index in [-0.39, 0.29) is 6.10 Å². The maximum atomic E-state index is 9.47. The summed E-state index contributed by atoms with van der Waals surface area (Å²) in [6, 6.07) is 9.12. The molecule has 0 bridgehead atoms. The minimum absolute atomic E-state index is 0.212. The lowest BCUT2D eigenvalue weighted by Crippen LogP contribution is -2.33. The first-order chi connectivity index (χ1) is 8.11. The molecule has 2 nitrogen and oxygen atoms in total. The second-order valence-electron chi connectivity index (χ2n) is 4.90. The molecule has 17 heavy (non-hydrogen) atoms. The lowest BCUT2D eigenvalue weighted by Gasteiger charge is -2.16. The van der Waals surface area contributed by atoms with E-state index in [1.54, 1.807) is 0 Å². The van der Waals surface area contributed by atoms with Gasteiger partial charge in [0.1, 0.15) is 0 Å². The molecule has 1 aromatic rings. The molecule has 2 heteroatoms. The SMILES string of the molecule is CCC(O)CNC(C)CCc1cccc(C)c1. The maximum absolute atomic E-state index is 9.47. The van der Waals surface area contributed by atoms with Crippen molar-refractivity contribution < 1.29 is 5.11 Å². The van der Waals surface area contributed by atoms with Crippen molar-refractivity contribution in [3.05, 3.63) is 35.4 Å². The van der Waals surface area contributed by atoms with Crippen LogP contribution in [-0.4, -0.2) is 23.8 Å². The van der Waals surface area contributed by atoms with E-state index in [4.69, 9.17) is 0 Å². The van der Waals surface area contributed by atoms with E-state index in [9.17, 15) is 5.11 Å². The zero-order valence-electron chi connectivity index (χ0n) is 11.2. The number of benzene rings is 1. The van der Waals surface area contributed by atoms with Crippen molar-refractivity contribution in [1.82, 2.24) is 5.32 Å². The Balaban J connectivity index is 2.26. The quantitative estimate of drug-likeness (QED) is 0.761. The van der Waals surface area contributed by atoms with E-state index in [1.165, 1.54) is 11.1 Å². The predicted octanol–water partition coefficient (Wildman–Crippen LogP) is 2.68. The molecule has 0 aliphatic carbocycles.